The van der Waals surface area contributed by atoms with Crippen LogP contribution in [-0.2, 0) is 14.8 Å². The minimum Gasteiger partial charge on any atom is -0.356 e. The van der Waals surface area contributed by atoms with E-state index in [0.717, 1.165) is 20.6 Å². The molecule has 4 rings (SSSR count). The maximum absolute atomic E-state index is 13.7. The molecule has 1 aliphatic heterocycles. The summed E-state index contributed by atoms with van der Waals surface area (Å²) in [4.78, 5) is -0.0277. The summed E-state index contributed by atoms with van der Waals surface area (Å²) in [6, 6.07) is 17.5. The van der Waals surface area contributed by atoms with Crippen molar-refractivity contribution in [1.29, 1.82) is 0 Å². The van der Waals surface area contributed by atoms with E-state index in [9.17, 15) is 17.2 Å². The molecule has 1 fully saturated rings. The molecule has 2 atom stereocenters. The van der Waals surface area contributed by atoms with Gasteiger partial charge in [0.1, 0.15) is 6.04 Å². The zero-order valence-electron chi connectivity index (χ0n) is 15.1. The molecular weight excluding hydrogens is 384 g/mol. The third-order valence-electron chi connectivity index (χ3n) is 4.93. The predicted molar refractivity (Wildman–Crippen MR) is 103 cm³/mol. The summed E-state index contributed by atoms with van der Waals surface area (Å²) < 4.78 is 60.1. The molecule has 3 aromatic rings. The third-order valence-corrected chi connectivity index (χ3v) is 6.81. The molecule has 7 heteroatoms. The highest BCUT2D eigenvalue weighted by Crippen LogP contribution is 2.39. The third kappa shape index (κ3) is 3.30. The first-order valence-corrected chi connectivity index (χ1v) is 10.3. The summed E-state index contributed by atoms with van der Waals surface area (Å²) in [5.41, 5.74) is 1.41. The highest BCUT2D eigenvalue weighted by molar-refractivity contribution is 7.89. The fraction of sp³-hybridized carbons (Fsp3) is 0.238. The number of halogens is 2. The molecule has 2 unspecified atom stereocenters. The molecule has 1 aliphatic rings. The number of hydrogen-bond donors (Lipinski definition) is 0. The quantitative estimate of drug-likeness (QED) is 0.644. The number of nitrogens with zero attached hydrogens (tertiary/aromatic N) is 1. The Kier molecular flexibility index (Phi) is 4.91. The van der Waals surface area contributed by atoms with E-state index >= 15 is 0 Å². The van der Waals surface area contributed by atoms with E-state index in [4.69, 9.17) is 4.74 Å². The second kappa shape index (κ2) is 7.24. The SMILES string of the molecule is Cc1ccc(S(=O)(=O)N2C(c3ccc4ccccc4c3)OCC2C(F)F)cc1. The molecule has 0 radical (unpaired) electrons. The first-order valence-electron chi connectivity index (χ1n) is 8.86. The van der Waals surface area contributed by atoms with Crippen LogP contribution in [0.4, 0.5) is 8.78 Å². The van der Waals surface area contributed by atoms with Crippen LogP contribution in [0.15, 0.2) is 71.6 Å². The molecule has 1 saturated heterocycles. The van der Waals surface area contributed by atoms with E-state index in [0.29, 0.717) is 5.56 Å². The normalized spacial score (nSPS) is 20.9. The van der Waals surface area contributed by atoms with Gasteiger partial charge in [0.25, 0.3) is 6.43 Å². The molecule has 0 bridgehead atoms. The van der Waals surface area contributed by atoms with Crippen LogP contribution in [0.5, 0.6) is 0 Å². The molecule has 3 aromatic carbocycles. The molecule has 0 aromatic heterocycles. The van der Waals surface area contributed by atoms with Gasteiger partial charge in [0.15, 0.2) is 6.23 Å². The molecule has 0 saturated carbocycles. The van der Waals surface area contributed by atoms with Gasteiger partial charge in [-0.15, -0.1) is 0 Å². The van der Waals surface area contributed by atoms with Crippen molar-refractivity contribution in [2.45, 2.75) is 30.5 Å². The zero-order chi connectivity index (χ0) is 19.9. The average molecular weight is 403 g/mol. The highest BCUT2D eigenvalue weighted by Gasteiger charge is 2.48. The van der Waals surface area contributed by atoms with E-state index < -0.39 is 28.7 Å². The Morgan fingerprint density at radius 1 is 1.00 bits per heavy atom. The summed E-state index contributed by atoms with van der Waals surface area (Å²) in [6.07, 6.45) is -3.96. The molecule has 28 heavy (non-hydrogen) atoms. The number of sulfonamides is 1. The fourth-order valence-electron chi connectivity index (χ4n) is 3.44. The van der Waals surface area contributed by atoms with Crippen LogP contribution in [0.2, 0.25) is 0 Å². The maximum atomic E-state index is 13.7. The van der Waals surface area contributed by atoms with Crippen LogP contribution in [0, 0.1) is 6.92 Å². The van der Waals surface area contributed by atoms with Gasteiger partial charge >= 0.3 is 0 Å². The van der Waals surface area contributed by atoms with Gasteiger partial charge < -0.3 is 4.74 Å². The number of benzene rings is 3. The minimum atomic E-state index is -4.17. The van der Waals surface area contributed by atoms with Gasteiger partial charge in [-0.05, 0) is 41.5 Å². The van der Waals surface area contributed by atoms with Gasteiger partial charge in [-0.2, -0.15) is 4.31 Å². The highest BCUT2D eigenvalue weighted by atomic mass is 32.2. The molecule has 4 nitrogen and oxygen atoms in total. The second-order valence-corrected chi connectivity index (χ2v) is 8.69. The lowest BCUT2D eigenvalue weighted by atomic mass is 10.1. The lowest BCUT2D eigenvalue weighted by Gasteiger charge is -2.27. The van der Waals surface area contributed by atoms with Gasteiger partial charge in [-0.1, -0.05) is 54.1 Å². The van der Waals surface area contributed by atoms with Crippen LogP contribution < -0.4 is 0 Å². The van der Waals surface area contributed by atoms with Crippen molar-refractivity contribution in [3.63, 3.8) is 0 Å². The number of rotatable bonds is 4. The average Bonchev–Trinajstić information content (AvgIpc) is 3.14. The summed E-state index contributed by atoms with van der Waals surface area (Å²) in [5.74, 6) is 0. The van der Waals surface area contributed by atoms with Crippen LogP contribution in [0.3, 0.4) is 0 Å². The molecule has 0 N–H and O–H groups in total. The van der Waals surface area contributed by atoms with Gasteiger partial charge in [-0.3, -0.25) is 0 Å². The van der Waals surface area contributed by atoms with E-state index in [1.807, 2.05) is 37.3 Å². The van der Waals surface area contributed by atoms with E-state index in [1.54, 1.807) is 24.3 Å². The van der Waals surface area contributed by atoms with Crippen molar-refractivity contribution in [1.82, 2.24) is 4.31 Å². The number of fused-ring (bicyclic) bond motifs is 1. The zero-order valence-corrected chi connectivity index (χ0v) is 15.9. The lowest BCUT2D eigenvalue weighted by molar-refractivity contribution is 0.0631. The fourth-order valence-corrected chi connectivity index (χ4v) is 5.10. The van der Waals surface area contributed by atoms with Crippen LogP contribution in [0.1, 0.15) is 17.4 Å². The van der Waals surface area contributed by atoms with Crippen LogP contribution in [-0.4, -0.2) is 31.8 Å². The standard InChI is InChI=1S/C21H19F2NO3S/c1-14-6-10-18(11-7-14)28(25,26)24-19(20(22)23)13-27-21(24)17-9-8-15-4-2-3-5-16(15)12-17/h2-12,19-21H,13H2,1H3. The van der Waals surface area contributed by atoms with E-state index in [-0.39, 0.29) is 11.5 Å². The second-order valence-electron chi connectivity index (χ2n) is 6.84. The van der Waals surface area contributed by atoms with Crippen LogP contribution >= 0.6 is 0 Å². The van der Waals surface area contributed by atoms with Crippen molar-refractivity contribution in [3.05, 3.63) is 77.9 Å². The molecule has 0 aliphatic carbocycles. The number of aryl methyl sites for hydroxylation is 1. The van der Waals surface area contributed by atoms with Crippen LogP contribution in [0.25, 0.3) is 10.8 Å². The van der Waals surface area contributed by atoms with E-state index in [2.05, 4.69) is 0 Å². The smallest absolute Gasteiger partial charge is 0.257 e. The largest absolute Gasteiger partial charge is 0.356 e. The number of alkyl halides is 2. The van der Waals surface area contributed by atoms with Crippen molar-refractivity contribution in [3.8, 4) is 0 Å². The van der Waals surface area contributed by atoms with Crippen molar-refractivity contribution in [2.24, 2.45) is 0 Å². The van der Waals surface area contributed by atoms with E-state index in [1.165, 1.54) is 12.1 Å². The monoisotopic (exact) mass is 403 g/mol. The summed E-state index contributed by atoms with van der Waals surface area (Å²) in [6.45, 7) is 1.47. The van der Waals surface area contributed by atoms with Crippen molar-refractivity contribution in [2.75, 3.05) is 6.61 Å². The Labute approximate surface area is 162 Å². The Morgan fingerprint density at radius 2 is 1.68 bits per heavy atom. The molecule has 0 amide bonds. The maximum Gasteiger partial charge on any atom is 0.257 e. The molecular formula is C21H19F2NO3S. The summed E-state index contributed by atoms with van der Waals surface area (Å²) in [5, 5.41) is 1.86. The summed E-state index contributed by atoms with van der Waals surface area (Å²) in [7, 11) is -4.17. The Hall–Kier alpha value is -2.35. The first kappa shape index (κ1) is 19.0. The molecule has 0 spiro atoms. The first-order chi connectivity index (χ1) is 13.4. The van der Waals surface area contributed by atoms with Crippen molar-refractivity contribution >= 4 is 20.8 Å². The molecule has 1 heterocycles. The van der Waals surface area contributed by atoms with Gasteiger partial charge in [0, 0.05) is 0 Å². The minimum absolute atomic E-state index is 0.0277. The number of ether oxygens (including phenoxy) is 1. The Morgan fingerprint density at radius 3 is 2.36 bits per heavy atom. The predicted octanol–water partition coefficient (Wildman–Crippen LogP) is 4.50. The summed E-state index contributed by atoms with van der Waals surface area (Å²) >= 11 is 0. The topological polar surface area (TPSA) is 46.6 Å². The number of hydrogen-bond acceptors (Lipinski definition) is 3. The Balaban J connectivity index is 1.80. The van der Waals surface area contributed by atoms with Crippen molar-refractivity contribution < 1.29 is 21.9 Å². The molecule has 146 valence electrons. The lowest BCUT2D eigenvalue weighted by Crippen LogP contribution is -2.42. The van der Waals surface area contributed by atoms with Gasteiger partial charge in [0.2, 0.25) is 10.0 Å². The van der Waals surface area contributed by atoms with Gasteiger partial charge in [0.05, 0.1) is 11.5 Å². The Bertz CT molecular complexity index is 1100. The van der Waals surface area contributed by atoms with Gasteiger partial charge in [-0.25, -0.2) is 17.2 Å².